The molecule has 2 rings (SSSR count). The molecule has 1 aromatic rings. The zero-order valence-electron chi connectivity index (χ0n) is 7.00. The number of rotatable bonds is 1. The number of benzene rings is 1. The van der Waals surface area contributed by atoms with Crippen LogP contribution in [0.1, 0.15) is 11.6 Å². The summed E-state index contributed by atoms with van der Waals surface area (Å²) < 4.78 is 5.09. The molecule has 12 heavy (non-hydrogen) atoms. The lowest BCUT2D eigenvalue weighted by atomic mass is 10.1. The molecule has 1 atom stereocenters. The van der Waals surface area contributed by atoms with Gasteiger partial charge in [0, 0.05) is 24.3 Å². The highest BCUT2D eigenvalue weighted by Gasteiger charge is 2.18. The number of ether oxygens (including phenoxy) is 1. The molecular weight excluding hydrogens is 152 g/mol. The molecule has 3 nitrogen and oxygen atoms in total. The molecule has 1 heterocycles. The lowest BCUT2D eigenvalue weighted by molar-refractivity contribution is 0.415. The minimum atomic E-state index is 0.130. The summed E-state index contributed by atoms with van der Waals surface area (Å²) in [6, 6.07) is 6.05. The molecule has 0 radical (unpaired) electrons. The van der Waals surface area contributed by atoms with Gasteiger partial charge in [0.1, 0.15) is 5.75 Å². The van der Waals surface area contributed by atoms with Crippen LogP contribution in [0.4, 0.5) is 5.69 Å². The van der Waals surface area contributed by atoms with Gasteiger partial charge in [-0.05, 0) is 11.6 Å². The van der Waals surface area contributed by atoms with Crippen LogP contribution in [0, 0.1) is 0 Å². The summed E-state index contributed by atoms with van der Waals surface area (Å²) in [6.45, 7) is 0.822. The maximum absolute atomic E-state index is 5.83. The third-order valence-corrected chi connectivity index (χ3v) is 2.17. The van der Waals surface area contributed by atoms with Crippen LogP contribution in [0.5, 0.6) is 5.75 Å². The van der Waals surface area contributed by atoms with Crippen LogP contribution < -0.4 is 15.8 Å². The van der Waals surface area contributed by atoms with E-state index < -0.39 is 0 Å². The molecule has 0 bridgehead atoms. The number of hydrogen-bond donors (Lipinski definition) is 2. The lowest BCUT2D eigenvalue weighted by Crippen LogP contribution is -2.11. The van der Waals surface area contributed by atoms with Crippen LogP contribution >= 0.6 is 0 Å². The van der Waals surface area contributed by atoms with Crippen LogP contribution in [0.25, 0.3) is 0 Å². The smallest absolute Gasteiger partial charge is 0.120 e. The van der Waals surface area contributed by atoms with Gasteiger partial charge in [-0.15, -0.1) is 0 Å². The van der Waals surface area contributed by atoms with E-state index in [9.17, 15) is 0 Å². The van der Waals surface area contributed by atoms with E-state index in [1.54, 1.807) is 7.11 Å². The van der Waals surface area contributed by atoms with Gasteiger partial charge in [0.15, 0.2) is 0 Å². The highest BCUT2D eigenvalue weighted by atomic mass is 16.5. The average molecular weight is 164 g/mol. The van der Waals surface area contributed by atoms with Gasteiger partial charge in [-0.1, -0.05) is 6.07 Å². The van der Waals surface area contributed by atoms with Crippen molar-refractivity contribution >= 4 is 5.69 Å². The fraction of sp³-hybridized carbons (Fsp3) is 0.333. The van der Waals surface area contributed by atoms with Gasteiger partial charge in [0.05, 0.1) is 7.11 Å². The average Bonchev–Trinajstić information content (AvgIpc) is 2.47. The van der Waals surface area contributed by atoms with Crippen molar-refractivity contribution in [2.45, 2.75) is 6.04 Å². The van der Waals surface area contributed by atoms with E-state index in [2.05, 4.69) is 5.32 Å². The maximum atomic E-state index is 5.83. The number of nitrogens with two attached hydrogens (primary N) is 1. The first-order valence-corrected chi connectivity index (χ1v) is 3.98. The Balaban J connectivity index is 2.41. The number of nitrogens with one attached hydrogen (secondary N) is 1. The minimum absolute atomic E-state index is 0.130. The van der Waals surface area contributed by atoms with Gasteiger partial charge in [0.25, 0.3) is 0 Å². The van der Waals surface area contributed by atoms with E-state index in [0.717, 1.165) is 18.0 Å². The molecule has 64 valence electrons. The second-order valence-electron chi connectivity index (χ2n) is 2.94. The van der Waals surface area contributed by atoms with Gasteiger partial charge < -0.3 is 15.8 Å². The highest BCUT2D eigenvalue weighted by Crippen LogP contribution is 2.31. The summed E-state index contributed by atoms with van der Waals surface area (Å²) in [5.74, 6) is 0.871. The molecule has 0 saturated heterocycles. The van der Waals surface area contributed by atoms with Crippen molar-refractivity contribution in [3.8, 4) is 5.75 Å². The van der Waals surface area contributed by atoms with Crippen molar-refractivity contribution in [1.29, 1.82) is 0 Å². The Bertz CT molecular complexity index is 299. The van der Waals surface area contributed by atoms with Crippen molar-refractivity contribution in [2.24, 2.45) is 5.73 Å². The van der Waals surface area contributed by atoms with Crippen molar-refractivity contribution < 1.29 is 4.74 Å². The summed E-state index contributed by atoms with van der Waals surface area (Å²) in [5, 5.41) is 3.22. The third kappa shape index (κ3) is 1.02. The van der Waals surface area contributed by atoms with E-state index in [4.69, 9.17) is 10.5 Å². The molecule has 1 aliphatic rings. The summed E-state index contributed by atoms with van der Waals surface area (Å²) in [6.07, 6.45) is 0. The van der Waals surface area contributed by atoms with Gasteiger partial charge >= 0.3 is 0 Å². The number of anilines is 1. The molecule has 1 aliphatic heterocycles. The predicted molar refractivity (Wildman–Crippen MR) is 48.4 cm³/mol. The Morgan fingerprint density at radius 2 is 2.42 bits per heavy atom. The zero-order valence-corrected chi connectivity index (χ0v) is 7.00. The van der Waals surface area contributed by atoms with Gasteiger partial charge in [-0.25, -0.2) is 0 Å². The van der Waals surface area contributed by atoms with Crippen molar-refractivity contribution in [2.75, 3.05) is 19.0 Å². The Morgan fingerprint density at radius 3 is 3.17 bits per heavy atom. The monoisotopic (exact) mass is 164 g/mol. The fourth-order valence-electron chi connectivity index (χ4n) is 1.47. The molecule has 0 amide bonds. The first-order chi connectivity index (χ1) is 5.81. The third-order valence-electron chi connectivity index (χ3n) is 2.17. The fourth-order valence-corrected chi connectivity index (χ4v) is 1.47. The van der Waals surface area contributed by atoms with E-state index in [-0.39, 0.29) is 6.04 Å². The molecule has 0 saturated carbocycles. The Morgan fingerprint density at radius 1 is 1.58 bits per heavy atom. The zero-order chi connectivity index (χ0) is 8.55. The predicted octanol–water partition coefficient (Wildman–Crippen LogP) is 1.12. The largest absolute Gasteiger partial charge is 0.497 e. The van der Waals surface area contributed by atoms with Gasteiger partial charge in [-0.2, -0.15) is 0 Å². The molecule has 0 fully saturated rings. The summed E-state index contributed by atoms with van der Waals surface area (Å²) >= 11 is 0. The van der Waals surface area contributed by atoms with Crippen LogP contribution in [0.2, 0.25) is 0 Å². The first kappa shape index (κ1) is 7.43. The number of fused-ring (bicyclic) bond motifs is 1. The Hall–Kier alpha value is -1.22. The summed E-state index contributed by atoms with van der Waals surface area (Å²) in [5.41, 5.74) is 8.11. The maximum Gasteiger partial charge on any atom is 0.120 e. The molecule has 3 N–H and O–H groups in total. The molecule has 0 spiro atoms. The molecule has 0 aliphatic carbocycles. The van der Waals surface area contributed by atoms with Crippen molar-refractivity contribution in [3.05, 3.63) is 23.8 Å². The van der Waals surface area contributed by atoms with Crippen molar-refractivity contribution in [3.63, 3.8) is 0 Å². The van der Waals surface area contributed by atoms with Crippen LogP contribution in [0.3, 0.4) is 0 Å². The SMILES string of the molecule is COc1ccc2c(c1)NCC2N. The van der Waals surface area contributed by atoms with Gasteiger partial charge in [-0.3, -0.25) is 0 Å². The Kier molecular flexibility index (Phi) is 1.66. The van der Waals surface area contributed by atoms with E-state index >= 15 is 0 Å². The quantitative estimate of drug-likeness (QED) is 0.654. The first-order valence-electron chi connectivity index (χ1n) is 3.98. The standard InChI is InChI=1S/C9H12N2O/c1-12-6-2-3-7-8(10)5-11-9(7)4-6/h2-4,8,11H,5,10H2,1H3. The molecule has 0 aromatic heterocycles. The molecule has 1 aromatic carbocycles. The topological polar surface area (TPSA) is 47.3 Å². The lowest BCUT2D eigenvalue weighted by Gasteiger charge is -2.04. The highest BCUT2D eigenvalue weighted by molar-refractivity contribution is 5.60. The van der Waals surface area contributed by atoms with Crippen LogP contribution in [0.15, 0.2) is 18.2 Å². The van der Waals surface area contributed by atoms with Crippen molar-refractivity contribution in [1.82, 2.24) is 0 Å². The minimum Gasteiger partial charge on any atom is -0.497 e. The van der Waals surface area contributed by atoms with Gasteiger partial charge in [0.2, 0.25) is 0 Å². The number of methoxy groups -OCH3 is 1. The second-order valence-corrected chi connectivity index (χ2v) is 2.94. The molecule has 1 unspecified atom stereocenters. The number of hydrogen-bond acceptors (Lipinski definition) is 3. The molecular formula is C9H12N2O. The second kappa shape index (κ2) is 2.68. The van der Waals surface area contributed by atoms with Crippen LogP contribution in [-0.2, 0) is 0 Å². The normalized spacial score (nSPS) is 20.0. The van der Waals surface area contributed by atoms with E-state index in [0.29, 0.717) is 0 Å². The summed E-state index contributed by atoms with van der Waals surface area (Å²) in [7, 11) is 1.66. The Labute approximate surface area is 71.5 Å². The van der Waals surface area contributed by atoms with E-state index in [1.165, 1.54) is 5.56 Å². The molecule has 3 heteroatoms. The van der Waals surface area contributed by atoms with Crippen LogP contribution in [-0.4, -0.2) is 13.7 Å². The summed E-state index contributed by atoms with van der Waals surface area (Å²) in [4.78, 5) is 0. The van der Waals surface area contributed by atoms with E-state index in [1.807, 2.05) is 18.2 Å².